The Kier molecular flexibility index (Phi) is 4.79. The van der Waals surface area contributed by atoms with Gasteiger partial charge in [-0.25, -0.2) is 18.4 Å². The number of para-hydroxylation sites is 1. The Morgan fingerprint density at radius 3 is 2.79 bits per heavy atom. The minimum absolute atomic E-state index is 0.129. The van der Waals surface area contributed by atoms with Crippen molar-refractivity contribution < 1.29 is 8.42 Å². The van der Waals surface area contributed by atoms with Crippen LogP contribution in [0.25, 0.3) is 11.3 Å². The number of aromatic nitrogens is 2. The largest absolute Gasteiger partial charge is 0.268 e. The molecule has 0 saturated carbocycles. The average molecular weight is 409 g/mol. The van der Waals surface area contributed by atoms with Crippen molar-refractivity contribution in [1.29, 1.82) is 5.26 Å². The molecule has 1 aliphatic rings. The van der Waals surface area contributed by atoms with Crippen molar-refractivity contribution in [2.45, 2.75) is 22.7 Å². The van der Waals surface area contributed by atoms with Gasteiger partial charge in [0.25, 0.3) is 10.0 Å². The highest BCUT2D eigenvalue weighted by atomic mass is 32.2. The second kappa shape index (κ2) is 7.26. The zero-order valence-electron chi connectivity index (χ0n) is 15.0. The molecule has 1 aliphatic heterocycles. The van der Waals surface area contributed by atoms with Gasteiger partial charge in [-0.15, -0.1) is 0 Å². The SMILES string of the molecule is CCN1c2ccccc2-c2nc(SCc3cccc(C#N)c3)ncc2S1(=O)=O. The number of nitriles is 1. The first-order valence-corrected chi connectivity index (χ1v) is 11.1. The number of rotatable bonds is 4. The molecule has 4 rings (SSSR count). The monoisotopic (exact) mass is 408 g/mol. The van der Waals surface area contributed by atoms with E-state index in [1.54, 1.807) is 19.1 Å². The van der Waals surface area contributed by atoms with Crippen molar-refractivity contribution in [3.8, 4) is 17.3 Å². The minimum Gasteiger partial charge on any atom is -0.266 e. The molecule has 0 amide bonds. The Hall–Kier alpha value is -2.89. The molecule has 0 radical (unpaired) electrons. The molecule has 0 fully saturated rings. The quantitative estimate of drug-likeness (QED) is 0.482. The number of nitrogens with zero attached hydrogens (tertiary/aromatic N) is 4. The second-order valence-corrected chi connectivity index (χ2v) is 8.93. The predicted octanol–water partition coefficient (Wildman–Crippen LogP) is 3.84. The summed E-state index contributed by atoms with van der Waals surface area (Å²) in [7, 11) is -3.68. The lowest BCUT2D eigenvalue weighted by molar-refractivity contribution is 0.589. The first kappa shape index (κ1) is 18.5. The van der Waals surface area contributed by atoms with E-state index in [9.17, 15) is 8.42 Å². The molecule has 0 bridgehead atoms. The van der Waals surface area contributed by atoms with E-state index in [4.69, 9.17) is 5.26 Å². The highest BCUT2D eigenvalue weighted by molar-refractivity contribution is 7.98. The van der Waals surface area contributed by atoms with Gasteiger partial charge in [0.1, 0.15) is 4.90 Å². The molecule has 28 heavy (non-hydrogen) atoms. The first-order valence-electron chi connectivity index (χ1n) is 8.65. The van der Waals surface area contributed by atoms with Gasteiger partial charge in [0.05, 0.1) is 29.2 Å². The smallest absolute Gasteiger partial charge is 0.266 e. The van der Waals surface area contributed by atoms with E-state index < -0.39 is 10.0 Å². The summed E-state index contributed by atoms with van der Waals surface area (Å²) in [6.07, 6.45) is 1.39. The van der Waals surface area contributed by atoms with Crippen LogP contribution in [0.3, 0.4) is 0 Å². The third-order valence-electron chi connectivity index (χ3n) is 4.44. The van der Waals surface area contributed by atoms with Gasteiger partial charge in [-0.3, -0.25) is 4.31 Å². The fourth-order valence-electron chi connectivity index (χ4n) is 3.16. The Morgan fingerprint density at radius 1 is 1.18 bits per heavy atom. The fourth-order valence-corrected chi connectivity index (χ4v) is 5.50. The Balaban J connectivity index is 1.71. The second-order valence-electron chi connectivity index (χ2n) is 6.15. The summed E-state index contributed by atoms with van der Waals surface area (Å²) < 4.78 is 27.3. The van der Waals surface area contributed by atoms with E-state index in [-0.39, 0.29) is 4.90 Å². The highest BCUT2D eigenvalue weighted by Gasteiger charge is 2.35. The third-order valence-corrected chi connectivity index (χ3v) is 7.26. The van der Waals surface area contributed by atoms with Crippen LogP contribution in [0.1, 0.15) is 18.1 Å². The number of sulfonamides is 1. The Morgan fingerprint density at radius 2 is 2.00 bits per heavy atom. The molecule has 0 spiro atoms. The lowest BCUT2D eigenvalue weighted by Crippen LogP contribution is -2.34. The zero-order valence-corrected chi connectivity index (χ0v) is 16.7. The number of hydrogen-bond donors (Lipinski definition) is 0. The average Bonchev–Trinajstić information content (AvgIpc) is 2.72. The van der Waals surface area contributed by atoms with E-state index >= 15 is 0 Å². The highest BCUT2D eigenvalue weighted by Crippen LogP contribution is 2.41. The van der Waals surface area contributed by atoms with E-state index in [1.807, 2.05) is 36.4 Å². The van der Waals surface area contributed by atoms with Gasteiger partial charge < -0.3 is 0 Å². The van der Waals surface area contributed by atoms with Crippen molar-refractivity contribution in [2.24, 2.45) is 0 Å². The van der Waals surface area contributed by atoms with Gasteiger partial charge in [0, 0.05) is 17.9 Å². The number of anilines is 1. The topological polar surface area (TPSA) is 86.9 Å². The third kappa shape index (κ3) is 3.13. The van der Waals surface area contributed by atoms with Crippen LogP contribution in [0.15, 0.2) is 64.8 Å². The number of hydrogen-bond acceptors (Lipinski definition) is 6. The molecule has 0 saturated heterocycles. The maximum Gasteiger partial charge on any atom is 0.268 e. The van der Waals surface area contributed by atoms with Crippen molar-refractivity contribution in [3.63, 3.8) is 0 Å². The first-order chi connectivity index (χ1) is 13.5. The van der Waals surface area contributed by atoms with Crippen LogP contribution in [0.5, 0.6) is 0 Å². The molecule has 2 aromatic carbocycles. The van der Waals surface area contributed by atoms with Crippen molar-refractivity contribution in [2.75, 3.05) is 10.8 Å². The van der Waals surface area contributed by atoms with Crippen LogP contribution in [-0.4, -0.2) is 24.9 Å². The van der Waals surface area contributed by atoms with Crippen LogP contribution in [0, 0.1) is 11.3 Å². The molecule has 0 unspecified atom stereocenters. The van der Waals surface area contributed by atoms with Crippen LogP contribution in [0.4, 0.5) is 5.69 Å². The molecule has 0 atom stereocenters. The van der Waals surface area contributed by atoms with Gasteiger partial charge in [0.2, 0.25) is 0 Å². The molecular formula is C20H16N4O2S2. The van der Waals surface area contributed by atoms with E-state index in [0.717, 1.165) is 11.1 Å². The molecule has 140 valence electrons. The zero-order chi connectivity index (χ0) is 19.7. The van der Waals surface area contributed by atoms with Crippen LogP contribution in [0.2, 0.25) is 0 Å². The molecule has 2 heterocycles. The number of benzene rings is 2. The lowest BCUT2D eigenvalue weighted by Gasteiger charge is -2.30. The summed E-state index contributed by atoms with van der Waals surface area (Å²) >= 11 is 1.41. The molecule has 3 aromatic rings. The summed E-state index contributed by atoms with van der Waals surface area (Å²) in [4.78, 5) is 8.95. The summed E-state index contributed by atoms with van der Waals surface area (Å²) in [5, 5.41) is 9.52. The normalized spacial score (nSPS) is 14.1. The van der Waals surface area contributed by atoms with E-state index in [2.05, 4.69) is 16.0 Å². The summed E-state index contributed by atoms with van der Waals surface area (Å²) in [6, 6.07) is 16.8. The van der Waals surface area contributed by atoms with Crippen molar-refractivity contribution in [3.05, 3.63) is 65.9 Å². The number of thioether (sulfide) groups is 1. The van der Waals surface area contributed by atoms with Gasteiger partial charge >= 0.3 is 0 Å². The molecule has 0 aliphatic carbocycles. The van der Waals surface area contributed by atoms with Crippen molar-refractivity contribution in [1.82, 2.24) is 9.97 Å². The molecule has 1 aromatic heterocycles. The molecule has 6 nitrogen and oxygen atoms in total. The number of fused-ring (bicyclic) bond motifs is 3. The minimum atomic E-state index is -3.68. The van der Waals surface area contributed by atoms with Gasteiger partial charge in [0.15, 0.2) is 5.16 Å². The lowest BCUT2D eigenvalue weighted by atomic mass is 10.1. The predicted molar refractivity (Wildman–Crippen MR) is 108 cm³/mol. The van der Waals surface area contributed by atoms with Crippen molar-refractivity contribution >= 4 is 27.5 Å². The maximum absolute atomic E-state index is 13.0. The van der Waals surface area contributed by atoms with Gasteiger partial charge in [-0.2, -0.15) is 5.26 Å². The van der Waals surface area contributed by atoms with Crippen LogP contribution < -0.4 is 4.31 Å². The molecular weight excluding hydrogens is 392 g/mol. The van der Waals surface area contributed by atoms with Crippen LogP contribution >= 0.6 is 11.8 Å². The van der Waals surface area contributed by atoms with E-state index in [1.165, 1.54) is 22.3 Å². The van der Waals surface area contributed by atoms with Gasteiger partial charge in [-0.05, 0) is 30.7 Å². The maximum atomic E-state index is 13.0. The Labute approximate surface area is 167 Å². The molecule has 8 heteroatoms. The molecule has 0 N–H and O–H groups in total. The van der Waals surface area contributed by atoms with Gasteiger partial charge in [-0.1, -0.05) is 42.1 Å². The fraction of sp³-hybridized carbons (Fsp3) is 0.150. The summed E-state index contributed by atoms with van der Waals surface area (Å²) in [6.45, 7) is 2.14. The Bertz CT molecular complexity index is 1200. The summed E-state index contributed by atoms with van der Waals surface area (Å²) in [5.41, 5.74) is 3.43. The van der Waals surface area contributed by atoms with E-state index in [0.29, 0.717) is 34.4 Å². The summed E-state index contributed by atoms with van der Waals surface area (Å²) in [5.74, 6) is 0.587. The van der Waals surface area contributed by atoms with Crippen LogP contribution in [-0.2, 0) is 15.8 Å². The standard InChI is InChI=1S/C20H16N4O2S2/c1-2-24-17-9-4-3-8-16(17)19-18(28(24,25)26)12-22-20(23-19)27-13-15-7-5-6-14(10-15)11-21/h3-10,12H,2,13H2,1H3.